The highest BCUT2D eigenvalue weighted by Gasteiger charge is 2.82. The number of fused-ring (bicyclic) bond motifs is 2. The van der Waals surface area contributed by atoms with E-state index in [1.54, 1.807) is 19.1 Å². The summed E-state index contributed by atoms with van der Waals surface area (Å²) < 4.78 is 35.9. The zero-order chi connectivity index (χ0) is 31.6. The topological polar surface area (TPSA) is 171 Å². The predicted octanol–water partition coefficient (Wildman–Crippen LogP) is 5.42. The summed E-state index contributed by atoms with van der Waals surface area (Å²) in [7, 11) is -4.50. The Balaban J connectivity index is 1.02. The molecule has 0 bridgehead atoms. The van der Waals surface area contributed by atoms with Crippen LogP contribution in [0.3, 0.4) is 0 Å². The van der Waals surface area contributed by atoms with E-state index in [0.717, 1.165) is 12.8 Å². The number of nitrogens with zero attached hydrogens (tertiary/aromatic N) is 3. The van der Waals surface area contributed by atoms with Gasteiger partial charge >= 0.3 is 7.82 Å². The van der Waals surface area contributed by atoms with Crippen molar-refractivity contribution in [1.29, 1.82) is 0 Å². The molecule has 0 amide bonds. The average molecular weight is 641 g/mol. The lowest BCUT2D eigenvalue weighted by Gasteiger charge is -2.32. The van der Waals surface area contributed by atoms with Crippen LogP contribution in [0.2, 0.25) is 0 Å². The van der Waals surface area contributed by atoms with Gasteiger partial charge in [-0.3, -0.25) is 9.05 Å². The number of hydrogen-bond acceptors (Lipinski definition) is 10. The highest BCUT2D eigenvalue weighted by Crippen LogP contribution is 2.63. The molecular weight excluding hydrogens is 587 g/mol. The van der Waals surface area contributed by atoms with Crippen LogP contribution in [-0.4, -0.2) is 73.4 Å². The van der Waals surface area contributed by atoms with Gasteiger partial charge in [0.1, 0.15) is 35.8 Å². The van der Waals surface area contributed by atoms with Crippen molar-refractivity contribution in [3.8, 4) is 0 Å². The Hall–Kier alpha value is -1.63. The van der Waals surface area contributed by atoms with Gasteiger partial charge in [-0.1, -0.05) is 90.4 Å². The number of nitrogen functional groups attached to an aromatic ring is 1. The average Bonchev–Trinajstić information content (AvgIpc) is 3.26. The Morgan fingerprint density at radius 3 is 2.14 bits per heavy atom. The third-order valence-electron chi connectivity index (χ3n) is 8.98. The van der Waals surface area contributed by atoms with Crippen molar-refractivity contribution < 1.29 is 38.2 Å². The number of aliphatic hydroxyl groups excluding tert-OH is 1. The van der Waals surface area contributed by atoms with Crippen LogP contribution in [0.4, 0.5) is 5.82 Å². The molecule has 250 valence electrons. The first-order valence-corrected chi connectivity index (χ1v) is 18.0. The van der Waals surface area contributed by atoms with Crippen molar-refractivity contribution in [2.24, 2.45) is 0 Å². The maximum Gasteiger partial charge on any atom is 0.472 e. The monoisotopic (exact) mass is 640 g/mol. The predicted molar refractivity (Wildman–Crippen MR) is 167 cm³/mol. The fraction of sp³-hybridized carbons (Fsp3) is 0.806. The van der Waals surface area contributed by atoms with Crippen molar-refractivity contribution >= 4 is 19.2 Å². The van der Waals surface area contributed by atoms with Crippen LogP contribution in [-0.2, 0) is 28.7 Å². The smallest absolute Gasteiger partial charge is 0.386 e. The molecule has 1 saturated heterocycles. The number of hydrogen-bond donors (Lipinski definition) is 4. The number of phosphoric ester groups is 1. The van der Waals surface area contributed by atoms with Gasteiger partial charge in [0, 0.05) is 13.2 Å². The van der Waals surface area contributed by atoms with E-state index in [-0.39, 0.29) is 12.4 Å². The summed E-state index contributed by atoms with van der Waals surface area (Å²) in [6.07, 6.45) is 16.3. The highest BCUT2D eigenvalue weighted by molar-refractivity contribution is 7.47. The summed E-state index contributed by atoms with van der Waals surface area (Å²) in [6.45, 7) is 4.89. The molecule has 13 heteroatoms. The second-order valence-electron chi connectivity index (χ2n) is 12.5. The van der Waals surface area contributed by atoms with Gasteiger partial charge in [-0.2, -0.15) is 5.10 Å². The highest BCUT2D eigenvalue weighted by atomic mass is 31.2. The van der Waals surface area contributed by atoms with E-state index in [9.17, 15) is 19.7 Å². The Morgan fingerprint density at radius 1 is 0.955 bits per heavy atom. The molecule has 2 aromatic heterocycles. The molecule has 3 heterocycles. The summed E-state index contributed by atoms with van der Waals surface area (Å²) in [5, 5.41) is 26.3. The maximum absolute atomic E-state index is 12.5. The summed E-state index contributed by atoms with van der Waals surface area (Å²) in [5.41, 5.74) is 3.63. The Morgan fingerprint density at radius 2 is 1.55 bits per heavy atom. The van der Waals surface area contributed by atoms with Crippen LogP contribution in [0.15, 0.2) is 18.5 Å². The number of rotatable bonds is 23. The molecule has 0 radical (unpaired) electrons. The molecule has 6 atom stereocenters. The molecular formula is C31H53N4O8P. The van der Waals surface area contributed by atoms with Crippen LogP contribution < -0.4 is 5.73 Å². The van der Waals surface area contributed by atoms with E-state index in [1.165, 1.54) is 87.9 Å². The van der Waals surface area contributed by atoms with Gasteiger partial charge in [0.2, 0.25) is 0 Å². The van der Waals surface area contributed by atoms with Crippen molar-refractivity contribution in [1.82, 2.24) is 14.6 Å². The Bertz CT molecular complexity index is 1220. The molecule has 12 nitrogen and oxygen atoms in total. The minimum atomic E-state index is -4.50. The molecule has 0 aromatic carbocycles. The molecule has 1 saturated carbocycles. The van der Waals surface area contributed by atoms with Crippen molar-refractivity contribution in [3.05, 3.63) is 24.2 Å². The third kappa shape index (κ3) is 8.59. The van der Waals surface area contributed by atoms with Crippen LogP contribution >= 0.6 is 7.82 Å². The van der Waals surface area contributed by atoms with Gasteiger partial charge in [0.25, 0.3) is 0 Å². The molecule has 0 spiro atoms. The number of unbranched alkanes of at least 4 members (excludes halogenated alkanes) is 13. The standard InChI is InChI=1S/C31H53N4O8P/c1-3-4-5-6-7-8-9-10-11-12-13-14-15-16-20-40-21-17-22-41-44(38,39)43-27-26-31(27,37)29(36)30(2,42-26)25-19-18-24-28(32)33-23-34-35(24)25/h18-19,23,26-27,29,36-37H,3-17,20-22H2,1-2H3,(H,38,39)(H2,32,33,34)/t26-,27?,29+,30+,31+/m1/s1. The lowest BCUT2D eigenvalue weighted by molar-refractivity contribution is -0.126. The molecule has 1 aliphatic heterocycles. The van der Waals surface area contributed by atoms with Crippen molar-refractivity contribution in [2.75, 3.05) is 25.6 Å². The first-order chi connectivity index (χ1) is 21.1. The molecule has 2 unspecified atom stereocenters. The molecule has 2 aliphatic rings. The zero-order valence-electron chi connectivity index (χ0n) is 26.4. The molecule has 5 N–H and O–H groups in total. The summed E-state index contributed by atoms with van der Waals surface area (Å²) >= 11 is 0. The Kier molecular flexibility index (Phi) is 13.0. The number of phosphoric acid groups is 1. The SMILES string of the molecule is CCCCCCCCCCCCCCCCOCCCOP(=O)(O)OC1[C@H]2O[C@@](C)(c3ccc4c(N)ncnn34)[C@H](O)[C@@]12O. The van der Waals surface area contributed by atoms with Gasteiger partial charge in [0.05, 0.1) is 12.3 Å². The second-order valence-corrected chi connectivity index (χ2v) is 13.9. The summed E-state index contributed by atoms with van der Waals surface area (Å²) in [4.78, 5) is 14.1. The normalized spacial score (nSPS) is 27.5. The fourth-order valence-electron chi connectivity index (χ4n) is 6.25. The number of aliphatic hydroxyl groups is 2. The van der Waals surface area contributed by atoms with Gasteiger partial charge in [-0.15, -0.1) is 0 Å². The van der Waals surface area contributed by atoms with Crippen LogP contribution in [0.1, 0.15) is 116 Å². The van der Waals surface area contributed by atoms with Crippen LogP contribution in [0.25, 0.3) is 5.52 Å². The number of aromatic nitrogens is 3. The Labute approximate surface area is 261 Å². The number of anilines is 1. The van der Waals surface area contributed by atoms with E-state index in [2.05, 4.69) is 17.0 Å². The first kappa shape index (κ1) is 35.2. The lowest BCUT2D eigenvalue weighted by atomic mass is 9.91. The summed E-state index contributed by atoms with van der Waals surface area (Å²) in [6, 6.07) is 3.36. The van der Waals surface area contributed by atoms with Gasteiger partial charge in [0.15, 0.2) is 11.4 Å². The van der Waals surface area contributed by atoms with E-state index >= 15 is 0 Å². The summed E-state index contributed by atoms with van der Waals surface area (Å²) in [5.74, 6) is 0.256. The van der Waals surface area contributed by atoms with E-state index < -0.39 is 37.3 Å². The largest absolute Gasteiger partial charge is 0.472 e. The van der Waals surface area contributed by atoms with E-state index in [4.69, 9.17) is 24.3 Å². The van der Waals surface area contributed by atoms with Gasteiger partial charge < -0.3 is 30.3 Å². The van der Waals surface area contributed by atoms with Crippen molar-refractivity contribution in [2.45, 2.75) is 140 Å². The quantitative estimate of drug-likeness (QED) is 0.0903. The minimum absolute atomic E-state index is 0.0409. The molecule has 44 heavy (non-hydrogen) atoms. The number of ether oxygens (including phenoxy) is 2. The van der Waals surface area contributed by atoms with Gasteiger partial charge in [-0.05, 0) is 31.9 Å². The fourth-order valence-corrected chi connectivity index (χ4v) is 7.24. The minimum Gasteiger partial charge on any atom is -0.386 e. The molecule has 1 aliphatic carbocycles. The number of nitrogens with two attached hydrogens (primary N) is 1. The van der Waals surface area contributed by atoms with E-state index in [1.807, 2.05) is 0 Å². The van der Waals surface area contributed by atoms with Crippen LogP contribution in [0.5, 0.6) is 0 Å². The molecule has 4 rings (SSSR count). The maximum atomic E-state index is 12.5. The zero-order valence-corrected chi connectivity index (χ0v) is 27.3. The molecule has 2 fully saturated rings. The molecule has 2 aromatic rings. The van der Waals surface area contributed by atoms with Crippen molar-refractivity contribution in [3.63, 3.8) is 0 Å². The second kappa shape index (κ2) is 16.3. The third-order valence-corrected chi connectivity index (χ3v) is 9.98. The van der Waals surface area contributed by atoms with Crippen LogP contribution in [0, 0.1) is 0 Å². The van der Waals surface area contributed by atoms with E-state index in [0.29, 0.717) is 30.8 Å². The van der Waals surface area contributed by atoms with Gasteiger partial charge in [-0.25, -0.2) is 14.1 Å². The lowest BCUT2D eigenvalue weighted by Crippen LogP contribution is -2.46. The first-order valence-electron chi connectivity index (χ1n) is 16.6.